The molecule has 0 aliphatic carbocycles. The van der Waals surface area contributed by atoms with Crippen LogP contribution in [-0.4, -0.2) is 19.4 Å². The van der Waals surface area contributed by atoms with Gasteiger partial charge in [-0.2, -0.15) is 0 Å². The molecule has 1 aliphatic rings. The highest BCUT2D eigenvalue weighted by atomic mass is 32.2. The van der Waals surface area contributed by atoms with Crippen LogP contribution in [0.2, 0.25) is 0 Å². The smallest absolute Gasteiger partial charge is 0.145 e. The zero-order chi connectivity index (χ0) is 31.1. The molecule has 1 atom stereocenters. The van der Waals surface area contributed by atoms with Crippen molar-refractivity contribution in [3.05, 3.63) is 145 Å². The van der Waals surface area contributed by atoms with Gasteiger partial charge in [0, 0.05) is 55.7 Å². The Kier molecular flexibility index (Phi) is 5.81. The second-order valence-electron chi connectivity index (χ2n) is 12.3. The Hall–Kier alpha value is -5.52. The van der Waals surface area contributed by atoms with Crippen LogP contribution in [0.5, 0.6) is 0 Å². The molecule has 0 fully saturated rings. The highest BCUT2D eigenvalue weighted by molar-refractivity contribution is 8.00. The second-order valence-corrected chi connectivity index (χ2v) is 13.7. The Morgan fingerprint density at radius 2 is 1.28 bits per heavy atom. The summed E-state index contributed by atoms with van der Waals surface area (Å²) in [5.74, 6) is 0. The highest BCUT2D eigenvalue weighted by Crippen LogP contribution is 2.45. The maximum Gasteiger partial charge on any atom is 0.145 e. The Labute approximate surface area is 275 Å². The Morgan fingerprint density at radius 1 is 0.638 bits per heavy atom. The van der Waals surface area contributed by atoms with E-state index in [0.717, 1.165) is 72.8 Å². The second kappa shape index (κ2) is 10.2. The molecule has 47 heavy (non-hydrogen) atoms. The molecule has 0 N–H and O–H groups in total. The lowest BCUT2D eigenvalue weighted by molar-refractivity contribution is 0.677. The minimum Gasteiger partial charge on any atom is -0.455 e. The van der Waals surface area contributed by atoms with Gasteiger partial charge in [-0.1, -0.05) is 66.7 Å². The van der Waals surface area contributed by atoms with Crippen molar-refractivity contribution in [2.45, 2.75) is 23.5 Å². The number of thioether (sulfide) groups is 1. The van der Waals surface area contributed by atoms with E-state index < -0.39 is 0 Å². The Balaban J connectivity index is 1.28. The first-order valence-electron chi connectivity index (χ1n) is 16.1. The fourth-order valence-corrected chi connectivity index (χ4v) is 8.51. The molecular formula is C42H29N3OS. The highest BCUT2D eigenvalue weighted by Gasteiger charge is 2.22. The number of hydrogen-bond donors (Lipinski definition) is 0. The van der Waals surface area contributed by atoms with Gasteiger partial charge in [-0.05, 0) is 73.7 Å². The number of furan rings is 1. The lowest BCUT2D eigenvalue weighted by Crippen LogP contribution is -1.97. The zero-order valence-corrected chi connectivity index (χ0v) is 26.5. The summed E-state index contributed by atoms with van der Waals surface area (Å²) in [6.45, 7) is 2.25. The summed E-state index contributed by atoms with van der Waals surface area (Å²) in [7, 11) is 0. The third kappa shape index (κ3) is 3.93. The molecule has 5 heterocycles. The van der Waals surface area contributed by atoms with Crippen molar-refractivity contribution >= 4 is 83.0 Å². The van der Waals surface area contributed by atoms with E-state index >= 15 is 0 Å². The fourth-order valence-electron chi connectivity index (χ4n) is 7.52. The summed E-state index contributed by atoms with van der Waals surface area (Å²) < 4.78 is 11.8. The average Bonchev–Trinajstić information content (AvgIpc) is 3.78. The van der Waals surface area contributed by atoms with Crippen LogP contribution in [0.15, 0.2) is 149 Å². The molecule has 0 saturated heterocycles. The van der Waals surface area contributed by atoms with Gasteiger partial charge in [0.05, 0.1) is 38.5 Å². The first kappa shape index (κ1) is 26.7. The summed E-state index contributed by atoms with van der Waals surface area (Å²) in [6.07, 6.45) is 9.56. The summed E-state index contributed by atoms with van der Waals surface area (Å²) in [5.41, 5.74) is 9.88. The first-order valence-corrected chi connectivity index (χ1v) is 17.0. The van der Waals surface area contributed by atoms with Crippen LogP contribution in [-0.2, 0) is 6.42 Å². The summed E-state index contributed by atoms with van der Waals surface area (Å²) in [4.78, 5) is 5.99. The third-order valence-electron chi connectivity index (χ3n) is 9.55. The number of aromatic nitrogens is 3. The van der Waals surface area contributed by atoms with Gasteiger partial charge in [0.1, 0.15) is 11.2 Å². The van der Waals surface area contributed by atoms with Crippen molar-refractivity contribution in [2.75, 3.05) is 0 Å². The van der Waals surface area contributed by atoms with Gasteiger partial charge < -0.3 is 13.6 Å². The lowest BCUT2D eigenvalue weighted by atomic mass is 10.1. The van der Waals surface area contributed by atoms with Gasteiger partial charge in [0.15, 0.2) is 0 Å². The lowest BCUT2D eigenvalue weighted by Gasteiger charge is -2.09. The number of allylic oxidation sites excluding steroid dienone is 3. The molecule has 5 heteroatoms. The van der Waals surface area contributed by atoms with Crippen molar-refractivity contribution in [3.63, 3.8) is 0 Å². The largest absolute Gasteiger partial charge is 0.455 e. The predicted molar refractivity (Wildman–Crippen MR) is 198 cm³/mol. The Morgan fingerprint density at radius 3 is 2.00 bits per heavy atom. The van der Waals surface area contributed by atoms with E-state index in [1.807, 2.05) is 24.0 Å². The number of nitrogens with zero attached hydrogens (tertiary/aromatic N) is 3. The fraction of sp³-hybridized carbons (Fsp3) is 0.0714. The van der Waals surface area contributed by atoms with E-state index in [1.54, 1.807) is 0 Å². The van der Waals surface area contributed by atoms with Crippen LogP contribution >= 0.6 is 11.8 Å². The molecule has 9 aromatic rings. The molecule has 224 valence electrons. The topological polar surface area (TPSA) is 35.9 Å². The number of fused-ring (bicyclic) bond motifs is 12. The minimum atomic E-state index is 0.315. The van der Waals surface area contributed by atoms with Crippen LogP contribution in [0.4, 0.5) is 0 Å². The molecular weight excluding hydrogens is 595 g/mol. The van der Waals surface area contributed by atoms with Gasteiger partial charge in [0.25, 0.3) is 0 Å². The van der Waals surface area contributed by atoms with Crippen molar-refractivity contribution in [3.8, 4) is 5.69 Å². The molecule has 10 rings (SSSR count). The molecule has 4 nitrogen and oxygen atoms in total. The summed E-state index contributed by atoms with van der Waals surface area (Å²) >= 11 is 1.86. The average molecular weight is 624 g/mol. The minimum absolute atomic E-state index is 0.315. The number of benzene rings is 5. The zero-order valence-electron chi connectivity index (χ0n) is 25.7. The standard InChI is InChI=1S/C42H29N3OS/c1-26-17-18-28(19-22-33-38(47-26)16-9-25-43-33)45-35-15-8-6-13-32(35)40-37(45)24-21-30-29-20-23-36-39(41(29)46-42(30)40)31-12-5-7-14-34(31)44(36)27-10-3-2-4-11-27/h2-21,23-26H,22H2,1H3/b18-17-,28-19+. The quantitative estimate of drug-likeness (QED) is 0.192. The normalized spacial score (nSPS) is 17.2. The number of rotatable bonds is 2. The third-order valence-corrected chi connectivity index (χ3v) is 10.7. The van der Waals surface area contributed by atoms with E-state index in [9.17, 15) is 0 Å². The summed E-state index contributed by atoms with van der Waals surface area (Å²) in [5, 5.41) is 7.25. The van der Waals surface area contributed by atoms with Crippen molar-refractivity contribution < 1.29 is 4.42 Å². The maximum absolute atomic E-state index is 7.10. The van der Waals surface area contributed by atoms with Gasteiger partial charge >= 0.3 is 0 Å². The van der Waals surface area contributed by atoms with Crippen LogP contribution < -0.4 is 0 Å². The number of para-hydroxylation sites is 3. The van der Waals surface area contributed by atoms with Crippen molar-refractivity contribution in [2.24, 2.45) is 0 Å². The van der Waals surface area contributed by atoms with Crippen molar-refractivity contribution in [1.29, 1.82) is 0 Å². The molecule has 5 aromatic carbocycles. The van der Waals surface area contributed by atoms with Gasteiger partial charge in [0.2, 0.25) is 0 Å². The van der Waals surface area contributed by atoms with E-state index in [2.05, 4.69) is 143 Å². The molecule has 0 saturated carbocycles. The van der Waals surface area contributed by atoms with Crippen LogP contribution in [0, 0.1) is 0 Å². The van der Waals surface area contributed by atoms with Crippen LogP contribution in [0.3, 0.4) is 0 Å². The SMILES string of the molecule is CC1/C=C\C(n2c3ccccc3c3c4oc5c(ccc6c5c5ccccc5n6-c5ccccc5)c4ccc32)=C/Cc2ncccc2S1. The molecule has 0 bridgehead atoms. The van der Waals surface area contributed by atoms with Crippen LogP contribution in [0.1, 0.15) is 12.6 Å². The van der Waals surface area contributed by atoms with E-state index in [0.29, 0.717) is 5.25 Å². The molecule has 0 radical (unpaired) electrons. The molecule has 0 spiro atoms. The van der Waals surface area contributed by atoms with Crippen LogP contribution in [0.25, 0.3) is 76.9 Å². The molecule has 4 aromatic heterocycles. The van der Waals surface area contributed by atoms with E-state index in [1.165, 1.54) is 21.2 Å². The Bertz CT molecular complexity index is 2760. The van der Waals surface area contributed by atoms with Gasteiger partial charge in [-0.15, -0.1) is 11.8 Å². The van der Waals surface area contributed by atoms with E-state index in [4.69, 9.17) is 9.40 Å². The molecule has 1 aliphatic heterocycles. The van der Waals surface area contributed by atoms with Crippen molar-refractivity contribution in [1.82, 2.24) is 14.1 Å². The first-order chi connectivity index (χ1) is 23.2. The molecule has 1 unspecified atom stereocenters. The number of pyridine rings is 1. The van der Waals surface area contributed by atoms with E-state index in [-0.39, 0.29) is 0 Å². The molecule has 0 amide bonds. The monoisotopic (exact) mass is 623 g/mol. The maximum atomic E-state index is 7.10. The van der Waals surface area contributed by atoms with Gasteiger partial charge in [-0.3, -0.25) is 4.98 Å². The summed E-state index contributed by atoms with van der Waals surface area (Å²) in [6, 6.07) is 41.2. The number of hydrogen-bond acceptors (Lipinski definition) is 3. The van der Waals surface area contributed by atoms with Gasteiger partial charge in [-0.25, -0.2) is 0 Å². The predicted octanol–water partition coefficient (Wildman–Crippen LogP) is 11.3.